The Morgan fingerprint density at radius 2 is 1.77 bits per heavy atom. The molecule has 0 saturated heterocycles. The van der Waals surface area contributed by atoms with Crippen molar-refractivity contribution >= 4 is 28.6 Å². The summed E-state index contributed by atoms with van der Waals surface area (Å²) in [7, 11) is 0. The first kappa shape index (κ1) is 21.9. The van der Waals surface area contributed by atoms with Crippen LogP contribution in [0, 0.1) is 0 Å². The van der Waals surface area contributed by atoms with Crippen LogP contribution in [-0.2, 0) is 32.0 Å². The van der Waals surface area contributed by atoms with Gasteiger partial charge in [0.05, 0.1) is 23.4 Å². The van der Waals surface area contributed by atoms with Crippen LogP contribution in [-0.4, -0.2) is 40.3 Å². The van der Waals surface area contributed by atoms with E-state index in [0.717, 1.165) is 5.56 Å². The first-order valence-corrected chi connectivity index (χ1v) is 9.89. The topological polar surface area (TPSA) is 118 Å². The minimum Gasteiger partial charge on any atom is -0.456 e. The molecule has 160 valence electrons. The molecule has 0 unspecified atom stereocenters. The first-order chi connectivity index (χ1) is 14.9. The number of benzene rings is 2. The lowest BCUT2D eigenvalue weighted by atomic mass is 10.0. The third-order valence-corrected chi connectivity index (χ3v) is 4.70. The van der Waals surface area contributed by atoms with Crippen LogP contribution in [0.2, 0.25) is 0 Å². The monoisotopic (exact) mass is 421 g/mol. The van der Waals surface area contributed by atoms with Gasteiger partial charge in [-0.1, -0.05) is 42.5 Å². The van der Waals surface area contributed by atoms with Gasteiger partial charge in [-0.05, 0) is 31.0 Å². The van der Waals surface area contributed by atoms with Crippen molar-refractivity contribution in [3.8, 4) is 0 Å². The molecule has 2 N–H and O–H groups in total. The summed E-state index contributed by atoms with van der Waals surface area (Å²) in [4.78, 5) is 55.0. The van der Waals surface area contributed by atoms with E-state index in [4.69, 9.17) is 4.74 Å². The van der Waals surface area contributed by atoms with Crippen molar-refractivity contribution in [2.45, 2.75) is 32.2 Å². The predicted octanol–water partition coefficient (Wildman–Crippen LogP) is 1.72. The number of hydrogen-bond donors (Lipinski definition) is 2. The Morgan fingerprint density at radius 1 is 1.06 bits per heavy atom. The third kappa shape index (κ3) is 6.33. The van der Waals surface area contributed by atoms with Gasteiger partial charge in [-0.15, -0.1) is 0 Å². The Bertz CT molecular complexity index is 1140. The van der Waals surface area contributed by atoms with Gasteiger partial charge in [0.1, 0.15) is 5.82 Å². The fourth-order valence-corrected chi connectivity index (χ4v) is 3.07. The summed E-state index contributed by atoms with van der Waals surface area (Å²) in [5.41, 5.74) is 1.18. The van der Waals surface area contributed by atoms with Gasteiger partial charge >= 0.3 is 5.97 Å². The molecule has 1 aromatic heterocycles. The van der Waals surface area contributed by atoms with Gasteiger partial charge in [0.2, 0.25) is 0 Å². The van der Waals surface area contributed by atoms with Crippen molar-refractivity contribution in [1.82, 2.24) is 15.3 Å². The van der Waals surface area contributed by atoms with Crippen LogP contribution in [0.5, 0.6) is 0 Å². The summed E-state index contributed by atoms with van der Waals surface area (Å²) in [5, 5.41) is 3.07. The van der Waals surface area contributed by atoms with E-state index in [1.54, 1.807) is 24.3 Å². The zero-order valence-corrected chi connectivity index (χ0v) is 17.1. The van der Waals surface area contributed by atoms with Crippen LogP contribution in [0.25, 0.3) is 10.9 Å². The van der Waals surface area contributed by atoms with Crippen LogP contribution in [0.4, 0.5) is 0 Å². The Morgan fingerprint density at radius 3 is 2.52 bits per heavy atom. The number of ketones is 1. The molecule has 0 saturated carbocycles. The molecule has 0 aliphatic carbocycles. The van der Waals surface area contributed by atoms with Crippen molar-refractivity contribution in [2.24, 2.45) is 0 Å². The second-order valence-electron chi connectivity index (χ2n) is 7.11. The number of hydrogen-bond acceptors (Lipinski definition) is 6. The second kappa shape index (κ2) is 10.3. The number of nitrogens with one attached hydrogen (secondary N) is 2. The number of aromatic nitrogens is 2. The fraction of sp³-hybridized carbons (Fsp3) is 0.261. The lowest BCUT2D eigenvalue weighted by Crippen LogP contribution is -2.43. The van der Waals surface area contributed by atoms with Gasteiger partial charge in [0.25, 0.3) is 11.5 Å². The molecule has 0 spiro atoms. The minimum atomic E-state index is -0.694. The number of amides is 1. The molecule has 1 atom stereocenters. The molecule has 31 heavy (non-hydrogen) atoms. The maximum absolute atomic E-state index is 12.1. The molecule has 0 bridgehead atoms. The first-order valence-electron chi connectivity index (χ1n) is 9.89. The van der Waals surface area contributed by atoms with Crippen molar-refractivity contribution in [2.75, 3.05) is 6.61 Å². The third-order valence-electron chi connectivity index (χ3n) is 4.70. The number of carbonyl (C=O) groups is 3. The number of carbonyl (C=O) groups excluding carboxylic acids is 3. The SMILES string of the molecule is CC(=O)[C@@H](Cc1ccccc1)NC(=O)COC(=O)CCc1nc2ccccc2c(=O)[nH]1. The Kier molecular flexibility index (Phi) is 7.26. The Balaban J connectivity index is 1.48. The average molecular weight is 421 g/mol. The Labute approximate surface area is 178 Å². The van der Waals surface area contributed by atoms with Gasteiger partial charge in [0, 0.05) is 6.42 Å². The highest BCUT2D eigenvalue weighted by Crippen LogP contribution is 2.07. The van der Waals surface area contributed by atoms with Gasteiger partial charge < -0.3 is 15.0 Å². The molecule has 0 aliphatic heterocycles. The zero-order valence-electron chi connectivity index (χ0n) is 17.1. The summed E-state index contributed by atoms with van der Waals surface area (Å²) in [6, 6.07) is 15.5. The number of H-pyrrole nitrogens is 1. The highest BCUT2D eigenvalue weighted by atomic mass is 16.5. The molecular formula is C23H23N3O5. The highest BCUT2D eigenvalue weighted by Gasteiger charge is 2.18. The molecule has 1 amide bonds. The summed E-state index contributed by atoms with van der Waals surface area (Å²) in [6.07, 6.45) is 0.482. The molecule has 8 nitrogen and oxygen atoms in total. The van der Waals surface area contributed by atoms with Crippen LogP contribution in [0.3, 0.4) is 0 Å². The maximum Gasteiger partial charge on any atom is 0.306 e. The van der Waals surface area contributed by atoms with Crippen LogP contribution >= 0.6 is 0 Å². The fourth-order valence-electron chi connectivity index (χ4n) is 3.07. The van der Waals surface area contributed by atoms with Gasteiger partial charge in [-0.3, -0.25) is 19.2 Å². The van der Waals surface area contributed by atoms with E-state index < -0.39 is 24.5 Å². The lowest BCUT2D eigenvalue weighted by molar-refractivity contribution is -0.148. The van der Waals surface area contributed by atoms with E-state index in [1.165, 1.54) is 6.92 Å². The Hall–Kier alpha value is -3.81. The van der Waals surface area contributed by atoms with E-state index in [0.29, 0.717) is 23.1 Å². The van der Waals surface area contributed by atoms with Crippen molar-refractivity contribution in [3.63, 3.8) is 0 Å². The molecule has 3 aromatic rings. The number of Topliss-reactive ketones (excluding diaryl/α,β-unsaturated/α-hetero) is 1. The van der Waals surface area contributed by atoms with Crippen molar-refractivity contribution in [3.05, 3.63) is 76.3 Å². The van der Waals surface area contributed by atoms with E-state index in [1.807, 2.05) is 30.3 Å². The number of aromatic amines is 1. The molecule has 1 heterocycles. The number of rotatable bonds is 9. The normalized spacial score (nSPS) is 11.6. The van der Waals surface area contributed by atoms with Gasteiger partial charge in [0.15, 0.2) is 12.4 Å². The summed E-state index contributed by atoms with van der Waals surface area (Å²) in [6.45, 7) is 0.913. The molecule has 2 aromatic carbocycles. The zero-order chi connectivity index (χ0) is 22.2. The number of fused-ring (bicyclic) bond motifs is 1. The van der Waals surface area contributed by atoms with E-state index >= 15 is 0 Å². The molecule has 3 rings (SSSR count). The van der Waals surface area contributed by atoms with Crippen molar-refractivity contribution in [1.29, 1.82) is 0 Å². The van der Waals surface area contributed by atoms with E-state index in [-0.39, 0.29) is 24.2 Å². The smallest absolute Gasteiger partial charge is 0.306 e. The van der Waals surface area contributed by atoms with Gasteiger partial charge in [-0.2, -0.15) is 0 Å². The largest absolute Gasteiger partial charge is 0.456 e. The lowest BCUT2D eigenvalue weighted by Gasteiger charge is -2.16. The molecule has 0 fully saturated rings. The quantitative estimate of drug-likeness (QED) is 0.508. The number of nitrogens with zero attached hydrogens (tertiary/aromatic N) is 1. The molecule has 0 aliphatic rings. The van der Waals surface area contributed by atoms with E-state index in [2.05, 4.69) is 15.3 Å². The molecule has 8 heteroatoms. The minimum absolute atomic E-state index is 0.0469. The molecular weight excluding hydrogens is 398 g/mol. The highest BCUT2D eigenvalue weighted by molar-refractivity contribution is 5.88. The maximum atomic E-state index is 12.1. The van der Waals surface area contributed by atoms with Gasteiger partial charge in [-0.25, -0.2) is 4.98 Å². The number of para-hydroxylation sites is 1. The number of aryl methyl sites for hydroxylation is 1. The van der Waals surface area contributed by atoms with Crippen LogP contribution in [0.15, 0.2) is 59.4 Å². The average Bonchev–Trinajstić information content (AvgIpc) is 2.76. The van der Waals surface area contributed by atoms with E-state index in [9.17, 15) is 19.2 Å². The summed E-state index contributed by atoms with van der Waals surface area (Å²) < 4.78 is 4.99. The second-order valence-corrected chi connectivity index (χ2v) is 7.11. The van der Waals surface area contributed by atoms with Crippen LogP contribution < -0.4 is 10.9 Å². The molecule has 0 radical (unpaired) electrons. The van der Waals surface area contributed by atoms with Crippen LogP contribution in [0.1, 0.15) is 24.7 Å². The van der Waals surface area contributed by atoms with Crippen molar-refractivity contribution < 1.29 is 19.1 Å². The summed E-state index contributed by atoms with van der Waals surface area (Å²) >= 11 is 0. The number of ether oxygens (including phenoxy) is 1. The standard InChI is InChI=1S/C23H23N3O5/c1-15(27)19(13-16-7-3-2-4-8-16)25-21(28)14-31-22(29)12-11-20-24-18-10-6-5-9-17(18)23(30)26-20/h2-10,19H,11-14H2,1H3,(H,25,28)(H,24,26,30)/t19-/m1/s1. The summed E-state index contributed by atoms with van der Waals surface area (Å²) in [5.74, 6) is -0.977. The number of esters is 1. The predicted molar refractivity (Wildman–Crippen MR) is 114 cm³/mol.